The van der Waals surface area contributed by atoms with E-state index in [2.05, 4.69) is 4.74 Å². The number of hydrogen-bond donors (Lipinski definition) is 0. The van der Waals surface area contributed by atoms with Crippen LogP contribution in [0.5, 0.6) is 0 Å². The summed E-state index contributed by atoms with van der Waals surface area (Å²) in [6.45, 7) is 3.41. The van der Waals surface area contributed by atoms with E-state index >= 15 is 0 Å². The first-order valence-electron chi connectivity index (χ1n) is 6.39. The summed E-state index contributed by atoms with van der Waals surface area (Å²) in [4.78, 5) is 11.3. The highest BCUT2D eigenvalue weighted by Gasteiger charge is 2.34. The largest absolute Gasteiger partial charge is 0.463 e. The van der Waals surface area contributed by atoms with Gasteiger partial charge in [0.2, 0.25) is 0 Å². The van der Waals surface area contributed by atoms with Gasteiger partial charge in [-0.1, -0.05) is 12.1 Å². The Labute approximate surface area is 121 Å². The molecule has 0 aliphatic carbocycles. The van der Waals surface area contributed by atoms with Gasteiger partial charge in [0, 0.05) is 13.2 Å². The molecule has 3 nitrogen and oxygen atoms in total. The van der Waals surface area contributed by atoms with Gasteiger partial charge in [-0.15, -0.1) is 0 Å². The van der Waals surface area contributed by atoms with E-state index in [0.29, 0.717) is 5.56 Å². The highest BCUT2D eigenvalue weighted by molar-refractivity contribution is 5.87. The molecule has 6 heteroatoms. The van der Waals surface area contributed by atoms with Gasteiger partial charge in [0.1, 0.15) is 0 Å². The number of halogens is 3. The Morgan fingerprint density at radius 2 is 2.05 bits per heavy atom. The summed E-state index contributed by atoms with van der Waals surface area (Å²) in [5, 5.41) is 0. The topological polar surface area (TPSA) is 35.5 Å². The first kappa shape index (κ1) is 17.2. The van der Waals surface area contributed by atoms with E-state index in [1.165, 1.54) is 19.2 Å². The van der Waals surface area contributed by atoms with Gasteiger partial charge in [0.15, 0.2) is 0 Å². The van der Waals surface area contributed by atoms with Crippen molar-refractivity contribution >= 4 is 12.0 Å². The molecule has 0 spiro atoms. The molecule has 0 aliphatic heterocycles. The zero-order valence-corrected chi connectivity index (χ0v) is 12.0. The third-order valence-electron chi connectivity index (χ3n) is 2.91. The van der Waals surface area contributed by atoms with Crippen molar-refractivity contribution in [3.05, 3.63) is 41.0 Å². The molecule has 0 aromatic heterocycles. The molecule has 1 atom stereocenters. The molecule has 1 aromatic carbocycles. The summed E-state index contributed by atoms with van der Waals surface area (Å²) in [5.74, 6) is -0.689. The zero-order valence-electron chi connectivity index (χ0n) is 12.0. The average Bonchev–Trinajstić information content (AvgIpc) is 2.43. The lowest BCUT2D eigenvalue weighted by atomic mass is 9.96. The number of carbonyl (C=O) groups is 1. The van der Waals surface area contributed by atoms with Gasteiger partial charge >= 0.3 is 12.1 Å². The van der Waals surface area contributed by atoms with Crippen LogP contribution in [0.1, 0.15) is 36.6 Å². The minimum atomic E-state index is -4.52. The van der Waals surface area contributed by atoms with Crippen molar-refractivity contribution in [2.75, 3.05) is 13.7 Å². The smallest absolute Gasteiger partial charge is 0.416 e. The van der Waals surface area contributed by atoms with Gasteiger partial charge < -0.3 is 9.47 Å². The van der Waals surface area contributed by atoms with Crippen LogP contribution in [0.4, 0.5) is 13.2 Å². The fourth-order valence-electron chi connectivity index (χ4n) is 1.84. The van der Waals surface area contributed by atoms with E-state index < -0.39 is 23.8 Å². The van der Waals surface area contributed by atoms with Crippen LogP contribution >= 0.6 is 0 Å². The van der Waals surface area contributed by atoms with Crippen LogP contribution in [0.2, 0.25) is 0 Å². The number of rotatable bonds is 5. The maximum atomic E-state index is 13.1. The molecule has 0 N–H and O–H groups in total. The highest BCUT2D eigenvalue weighted by Crippen LogP contribution is 2.36. The van der Waals surface area contributed by atoms with Crippen LogP contribution in [0.3, 0.4) is 0 Å². The third kappa shape index (κ3) is 4.60. The Hall–Kier alpha value is -1.82. The second kappa shape index (κ2) is 7.26. The number of hydrogen-bond acceptors (Lipinski definition) is 3. The molecule has 1 rings (SSSR count). The minimum Gasteiger partial charge on any atom is -0.463 e. The number of benzene rings is 1. The van der Waals surface area contributed by atoms with E-state index in [4.69, 9.17) is 4.74 Å². The van der Waals surface area contributed by atoms with Crippen molar-refractivity contribution in [2.45, 2.75) is 26.1 Å². The lowest BCUT2D eigenvalue weighted by Gasteiger charge is -2.18. The first-order chi connectivity index (χ1) is 9.81. The van der Waals surface area contributed by atoms with Gasteiger partial charge in [-0.25, -0.2) is 4.79 Å². The third-order valence-corrected chi connectivity index (χ3v) is 2.91. The Kier molecular flexibility index (Phi) is 5.96. The summed E-state index contributed by atoms with van der Waals surface area (Å²) >= 11 is 0. The summed E-state index contributed by atoms with van der Waals surface area (Å²) in [6.07, 6.45) is -2.95. The summed E-state index contributed by atoms with van der Waals surface area (Å²) in [6, 6.07) is 3.82. The lowest BCUT2D eigenvalue weighted by Crippen LogP contribution is -2.11. The first-order valence-corrected chi connectivity index (χ1v) is 6.39. The van der Waals surface area contributed by atoms with E-state index in [-0.39, 0.29) is 12.2 Å². The molecule has 0 amide bonds. The molecule has 21 heavy (non-hydrogen) atoms. The zero-order chi connectivity index (χ0) is 16.0. The number of ether oxygens (including phenoxy) is 2. The van der Waals surface area contributed by atoms with Gasteiger partial charge in [-0.05, 0) is 37.1 Å². The van der Waals surface area contributed by atoms with Crippen molar-refractivity contribution in [2.24, 2.45) is 0 Å². The lowest BCUT2D eigenvalue weighted by molar-refractivity contribution is -0.138. The molecule has 0 saturated carbocycles. The van der Waals surface area contributed by atoms with Crippen molar-refractivity contribution in [3.8, 4) is 0 Å². The molecule has 0 saturated heterocycles. The van der Waals surface area contributed by atoms with Crippen LogP contribution < -0.4 is 0 Å². The van der Waals surface area contributed by atoms with Crippen LogP contribution in [-0.4, -0.2) is 19.7 Å². The second-order valence-corrected chi connectivity index (χ2v) is 4.27. The molecular weight excluding hydrogens is 285 g/mol. The number of methoxy groups -OCH3 is 1. The second-order valence-electron chi connectivity index (χ2n) is 4.27. The normalized spacial score (nSPS) is 13.4. The van der Waals surface area contributed by atoms with Gasteiger partial charge in [0.05, 0.1) is 18.3 Å². The molecule has 0 aliphatic rings. The standard InChI is InChI=1S/C15H17F3O3/c1-4-21-14(19)9-8-12-11(10(2)20-3)6-5-7-13(12)15(16,17)18/h5-10H,4H2,1-3H3/b9-8+/t10-/m1/s1. The quantitative estimate of drug-likeness (QED) is 0.609. The molecule has 0 fully saturated rings. The fraction of sp³-hybridized carbons (Fsp3) is 0.400. The molecule has 0 unspecified atom stereocenters. The van der Waals surface area contributed by atoms with E-state index in [9.17, 15) is 18.0 Å². The average molecular weight is 302 g/mol. The molecule has 0 heterocycles. The van der Waals surface area contributed by atoms with Crippen LogP contribution in [0.25, 0.3) is 6.08 Å². The van der Waals surface area contributed by atoms with Crippen molar-refractivity contribution in [3.63, 3.8) is 0 Å². The van der Waals surface area contributed by atoms with E-state index in [0.717, 1.165) is 18.2 Å². The van der Waals surface area contributed by atoms with Crippen LogP contribution in [0, 0.1) is 0 Å². The summed E-state index contributed by atoms with van der Waals surface area (Å²) in [5.41, 5.74) is -0.551. The van der Waals surface area contributed by atoms with Gasteiger partial charge in [0.25, 0.3) is 0 Å². The maximum absolute atomic E-state index is 13.1. The van der Waals surface area contributed by atoms with Crippen molar-refractivity contribution < 1.29 is 27.4 Å². The predicted molar refractivity (Wildman–Crippen MR) is 72.5 cm³/mol. The predicted octanol–water partition coefficient (Wildman–Crippen LogP) is 3.99. The molecular formula is C15H17F3O3. The van der Waals surface area contributed by atoms with Gasteiger partial charge in [-0.2, -0.15) is 13.2 Å². The summed E-state index contributed by atoms with van der Waals surface area (Å²) in [7, 11) is 1.41. The Balaban J connectivity index is 3.32. The Morgan fingerprint density at radius 1 is 1.38 bits per heavy atom. The minimum absolute atomic E-state index is 0.0904. The molecule has 0 radical (unpaired) electrons. The van der Waals surface area contributed by atoms with Crippen molar-refractivity contribution in [1.82, 2.24) is 0 Å². The number of alkyl halides is 3. The maximum Gasteiger partial charge on any atom is 0.416 e. The van der Waals surface area contributed by atoms with Gasteiger partial charge in [-0.3, -0.25) is 0 Å². The van der Waals surface area contributed by atoms with E-state index in [1.54, 1.807) is 13.8 Å². The monoisotopic (exact) mass is 302 g/mol. The number of esters is 1. The highest BCUT2D eigenvalue weighted by atomic mass is 19.4. The SMILES string of the molecule is CCOC(=O)/C=C/c1c([C@@H](C)OC)cccc1C(F)(F)F. The summed E-state index contributed by atoms with van der Waals surface area (Å²) < 4.78 is 49.0. The van der Waals surface area contributed by atoms with Crippen LogP contribution in [0.15, 0.2) is 24.3 Å². The molecule has 116 valence electrons. The Morgan fingerprint density at radius 3 is 2.57 bits per heavy atom. The van der Waals surface area contributed by atoms with Crippen molar-refractivity contribution in [1.29, 1.82) is 0 Å². The Bertz CT molecular complexity index is 521. The molecule has 1 aromatic rings. The fourth-order valence-corrected chi connectivity index (χ4v) is 1.84. The van der Waals surface area contributed by atoms with Crippen LogP contribution in [-0.2, 0) is 20.4 Å². The van der Waals surface area contributed by atoms with E-state index in [1.807, 2.05) is 0 Å². The number of carbonyl (C=O) groups excluding carboxylic acids is 1. The molecule has 0 bridgehead atoms.